The van der Waals surface area contributed by atoms with E-state index in [2.05, 4.69) is 36.5 Å². The number of hydrogen-bond donors (Lipinski definition) is 0. The second kappa shape index (κ2) is 4.70. The number of rotatable bonds is 2. The van der Waals surface area contributed by atoms with Crippen molar-refractivity contribution in [2.24, 2.45) is 5.92 Å². The van der Waals surface area contributed by atoms with Crippen LogP contribution in [0.4, 0.5) is 0 Å². The summed E-state index contributed by atoms with van der Waals surface area (Å²) in [6.45, 7) is 7.14. The molecule has 0 aromatic heterocycles. The molecule has 2 atom stereocenters. The normalized spacial score (nSPS) is 30.0. The first-order chi connectivity index (χ1) is 7.88. The van der Waals surface area contributed by atoms with Gasteiger partial charge in [-0.05, 0) is 0 Å². The van der Waals surface area contributed by atoms with Crippen LogP contribution in [0.5, 0.6) is 0 Å². The van der Waals surface area contributed by atoms with Gasteiger partial charge in [-0.1, -0.05) is 0 Å². The fourth-order valence-corrected chi connectivity index (χ4v) is 7.67. The Kier molecular flexibility index (Phi) is 3.77. The Morgan fingerprint density at radius 2 is 1.82 bits per heavy atom. The zero-order chi connectivity index (χ0) is 12.8. The van der Waals surface area contributed by atoms with Gasteiger partial charge < -0.3 is 0 Å². The molecule has 17 heavy (non-hydrogen) atoms. The Morgan fingerprint density at radius 1 is 1.18 bits per heavy atom. The van der Waals surface area contributed by atoms with Gasteiger partial charge in [0, 0.05) is 0 Å². The van der Waals surface area contributed by atoms with Crippen LogP contribution >= 0.6 is 0 Å². The number of allylic oxidation sites excluding steroid dienone is 4. The zero-order valence-electron chi connectivity index (χ0n) is 12.5. The van der Waals surface area contributed by atoms with E-state index in [0.29, 0.717) is 0 Å². The van der Waals surface area contributed by atoms with Crippen molar-refractivity contribution in [2.45, 2.75) is 66.4 Å². The van der Waals surface area contributed by atoms with Crippen LogP contribution in [-0.4, -0.2) is 0 Å². The first-order valence-electron chi connectivity index (χ1n) is 7.28. The zero-order valence-corrected chi connectivity index (χ0v) is 14.0. The molecular weight excluding hydrogens is 240 g/mol. The molecule has 2 aliphatic rings. The third-order valence-corrected chi connectivity index (χ3v) is 9.19. The molecule has 0 N–H and O–H groups in total. The molecule has 0 amide bonds. The molecule has 0 aromatic rings. The molecule has 2 unspecified atom stereocenters. The summed E-state index contributed by atoms with van der Waals surface area (Å²) < 4.78 is 0.977. The molecule has 0 aromatic carbocycles. The van der Waals surface area contributed by atoms with Gasteiger partial charge in [-0.25, -0.2) is 0 Å². The Hall–Kier alpha value is 0.194. The van der Waals surface area contributed by atoms with E-state index in [0.717, 1.165) is 10.1 Å². The molecule has 1 heteroatoms. The second-order valence-electron chi connectivity index (χ2n) is 7.02. The summed E-state index contributed by atoms with van der Waals surface area (Å²) in [6.07, 6.45) is 5.62. The van der Waals surface area contributed by atoms with E-state index < -0.39 is 16.6 Å². The third-order valence-electron chi connectivity index (χ3n) is 5.03. The minimum absolute atomic E-state index is 0.803. The van der Waals surface area contributed by atoms with Crippen molar-refractivity contribution in [3.05, 3.63) is 22.3 Å². The molecule has 0 radical (unpaired) electrons. The Morgan fingerprint density at radius 3 is 2.35 bits per heavy atom. The molecule has 0 spiro atoms. The predicted molar refractivity (Wildman–Crippen MR) is 74.4 cm³/mol. The first kappa shape index (κ1) is 13.6. The van der Waals surface area contributed by atoms with Crippen molar-refractivity contribution in [3.63, 3.8) is 0 Å². The molecule has 2 rings (SSSR count). The molecule has 0 saturated carbocycles. The van der Waals surface area contributed by atoms with Crippen molar-refractivity contribution < 1.29 is 16.6 Å². The van der Waals surface area contributed by atoms with E-state index in [1.54, 1.807) is 11.1 Å². The van der Waals surface area contributed by atoms with Crippen LogP contribution in [0.2, 0.25) is 19.9 Å². The molecule has 0 nitrogen and oxygen atoms in total. The molecule has 2 aliphatic carbocycles. The van der Waals surface area contributed by atoms with E-state index in [-0.39, 0.29) is 0 Å². The topological polar surface area (TPSA) is 0 Å². The van der Waals surface area contributed by atoms with Gasteiger partial charge in [-0.15, -0.1) is 0 Å². The van der Waals surface area contributed by atoms with Gasteiger partial charge in [0.15, 0.2) is 0 Å². The molecule has 0 bridgehead atoms. The standard InChI is InChI=1S/C13H19.3CH3.Ti/c1-4-11-9(2)10(3)12-7-5-6-8-13(11)12;;;;/h7,11H,4-6,8H2,1-3H3;3*1H3;. The van der Waals surface area contributed by atoms with Gasteiger partial charge >= 0.3 is 111 Å². The average molecular weight is 268 g/mol. The van der Waals surface area contributed by atoms with E-state index in [1.165, 1.54) is 25.7 Å². The fourth-order valence-electron chi connectivity index (χ4n) is 4.02. The summed E-state index contributed by atoms with van der Waals surface area (Å²) in [7, 11) is 0. The predicted octanol–water partition coefficient (Wildman–Crippen LogP) is 5.93. The van der Waals surface area contributed by atoms with Crippen LogP contribution in [0.3, 0.4) is 0 Å². The SMILES string of the molecule is CCC1C(C)=C(C)C2=C1CCC[CH]2[Ti]([CH3])([CH3])[CH3]. The van der Waals surface area contributed by atoms with E-state index in [1.807, 2.05) is 11.1 Å². The molecule has 0 saturated heterocycles. The number of hydrogen-bond acceptors (Lipinski definition) is 0. The van der Waals surface area contributed by atoms with Gasteiger partial charge in [0.05, 0.1) is 0 Å². The van der Waals surface area contributed by atoms with Crippen LogP contribution < -0.4 is 0 Å². The van der Waals surface area contributed by atoms with Gasteiger partial charge in [0.1, 0.15) is 0 Å². The van der Waals surface area contributed by atoms with Crippen molar-refractivity contribution >= 4 is 0 Å². The van der Waals surface area contributed by atoms with Crippen molar-refractivity contribution in [2.75, 3.05) is 0 Å². The van der Waals surface area contributed by atoms with Crippen LogP contribution in [0.1, 0.15) is 46.5 Å². The summed E-state index contributed by atoms with van der Waals surface area (Å²) in [5.41, 5.74) is 7.06. The third kappa shape index (κ3) is 2.24. The van der Waals surface area contributed by atoms with Crippen LogP contribution in [0.15, 0.2) is 22.3 Å². The summed E-state index contributed by atoms with van der Waals surface area (Å²) >= 11 is -1.56. The fraction of sp³-hybridized carbons (Fsp3) is 0.750. The maximum atomic E-state index is 2.60. The molecule has 0 aliphatic heterocycles. The summed E-state index contributed by atoms with van der Waals surface area (Å²) in [4.78, 5) is 0. The van der Waals surface area contributed by atoms with Crippen molar-refractivity contribution in [1.82, 2.24) is 0 Å². The van der Waals surface area contributed by atoms with Gasteiger partial charge in [0.25, 0.3) is 0 Å². The Labute approximate surface area is 111 Å². The van der Waals surface area contributed by atoms with Gasteiger partial charge in [0.2, 0.25) is 0 Å². The quantitative estimate of drug-likeness (QED) is 0.544. The second-order valence-corrected chi connectivity index (χ2v) is 15.5. The average Bonchev–Trinajstić information content (AvgIpc) is 2.50. The van der Waals surface area contributed by atoms with Crippen LogP contribution in [0.25, 0.3) is 0 Å². The summed E-state index contributed by atoms with van der Waals surface area (Å²) in [5.74, 6) is 0.803. The molecule has 0 heterocycles. The van der Waals surface area contributed by atoms with Gasteiger partial charge in [-0.2, -0.15) is 0 Å². The molecule has 96 valence electrons. The van der Waals surface area contributed by atoms with E-state index in [4.69, 9.17) is 0 Å². The Balaban J connectivity index is 2.47. The molecule has 0 fully saturated rings. The summed E-state index contributed by atoms with van der Waals surface area (Å²) in [5, 5.41) is 7.80. The maximum absolute atomic E-state index is 2.60. The first-order valence-corrected chi connectivity index (χ1v) is 12.9. The van der Waals surface area contributed by atoms with Crippen molar-refractivity contribution in [1.29, 1.82) is 0 Å². The monoisotopic (exact) mass is 268 g/mol. The van der Waals surface area contributed by atoms with E-state index in [9.17, 15) is 0 Å². The van der Waals surface area contributed by atoms with Gasteiger partial charge in [-0.3, -0.25) is 0 Å². The Bertz CT molecular complexity index is 379. The molecular formula is C16H28Ti. The minimum atomic E-state index is -1.56. The van der Waals surface area contributed by atoms with E-state index >= 15 is 0 Å². The van der Waals surface area contributed by atoms with Crippen LogP contribution in [0, 0.1) is 5.92 Å². The van der Waals surface area contributed by atoms with Crippen LogP contribution in [-0.2, 0) is 16.6 Å². The summed E-state index contributed by atoms with van der Waals surface area (Å²) in [6, 6.07) is 0. The van der Waals surface area contributed by atoms with Crippen molar-refractivity contribution in [3.8, 4) is 0 Å².